The largest absolute Gasteiger partial charge is 0.494 e. The summed E-state index contributed by atoms with van der Waals surface area (Å²) in [6.07, 6.45) is 1.11. The molecule has 0 amide bonds. The fourth-order valence-electron chi connectivity index (χ4n) is 2.34. The van der Waals surface area contributed by atoms with Crippen molar-refractivity contribution in [3.05, 3.63) is 23.3 Å². The lowest BCUT2D eigenvalue weighted by atomic mass is 10.0. The molecule has 1 aromatic carbocycles. The van der Waals surface area contributed by atoms with E-state index in [0.29, 0.717) is 5.92 Å². The highest BCUT2D eigenvalue weighted by atomic mass is 16.5. The van der Waals surface area contributed by atoms with Crippen molar-refractivity contribution in [3.63, 3.8) is 0 Å². The second-order valence-corrected chi connectivity index (χ2v) is 5.02. The molecule has 0 fully saturated rings. The van der Waals surface area contributed by atoms with Gasteiger partial charge in [0.25, 0.3) is 0 Å². The Kier molecular flexibility index (Phi) is 5.48. The number of aryl methyl sites for hydroxylation is 2. The third-order valence-corrected chi connectivity index (χ3v) is 3.46. The average Bonchev–Trinajstić information content (AvgIpc) is 2.34. The minimum absolute atomic E-state index is 0.528. The van der Waals surface area contributed by atoms with Gasteiger partial charge >= 0.3 is 0 Å². The van der Waals surface area contributed by atoms with Crippen LogP contribution in [-0.4, -0.2) is 27.2 Å². The fraction of sp³-hybridized carbons (Fsp3) is 0.600. The van der Waals surface area contributed by atoms with E-state index in [-0.39, 0.29) is 0 Å². The number of ether oxygens (including phenoxy) is 1. The number of anilines is 1. The molecule has 0 saturated heterocycles. The molecule has 1 rings (SSSR count). The van der Waals surface area contributed by atoms with E-state index in [1.54, 1.807) is 7.11 Å². The van der Waals surface area contributed by atoms with Crippen LogP contribution in [0.3, 0.4) is 0 Å². The van der Waals surface area contributed by atoms with Gasteiger partial charge in [-0.2, -0.15) is 0 Å². The summed E-state index contributed by atoms with van der Waals surface area (Å²) in [5.41, 5.74) is 9.38. The molecule has 102 valence electrons. The number of nitrogens with zero attached hydrogens (tertiary/aromatic N) is 1. The standard InChI is InChI=1S/C15H26N2O/c1-6-13(9-16)10-17(4)14-8-11(2)7-12(3)15(14)18-5/h7-8,13H,6,9-10,16H2,1-5H3. The maximum atomic E-state index is 5.78. The quantitative estimate of drug-likeness (QED) is 0.843. The Bertz CT molecular complexity index is 386. The molecule has 1 atom stereocenters. The van der Waals surface area contributed by atoms with Gasteiger partial charge in [0.2, 0.25) is 0 Å². The lowest BCUT2D eigenvalue weighted by molar-refractivity contribution is 0.410. The van der Waals surface area contributed by atoms with Gasteiger partial charge in [-0.05, 0) is 43.5 Å². The smallest absolute Gasteiger partial charge is 0.145 e. The molecule has 18 heavy (non-hydrogen) atoms. The first kappa shape index (κ1) is 14.8. The molecule has 0 bridgehead atoms. The zero-order chi connectivity index (χ0) is 13.7. The van der Waals surface area contributed by atoms with Crippen molar-refractivity contribution in [3.8, 4) is 5.75 Å². The maximum Gasteiger partial charge on any atom is 0.145 e. The summed E-state index contributed by atoms with van der Waals surface area (Å²) >= 11 is 0. The summed E-state index contributed by atoms with van der Waals surface area (Å²) in [5, 5.41) is 0. The number of hydrogen-bond donors (Lipinski definition) is 1. The summed E-state index contributed by atoms with van der Waals surface area (Å²) in [6.45, 7) is 8.08. The molecule has 3 heteroatoms. The Morgan fingerprint density at radius 1 is 1.33 bits per heavy atom. The van der Waals surface area contributed by atoms with Crippen LogP contribution in [0, 0.1) is 19.8 Å². The summed E-state index contributed by atoms with van der Waals surface area (Å²) in [6, 6.07) is 4.32. The van der Waals surface area contributed by atoms with Gasteiger partial charge in [0.15, 0.2) is 0 Å². The summed E-state index contributed by atoms with van der Waals surface area (Å²) < 4.78 is 5.53. The molecule has 0 aliphatic heterocycles. The normalized spacial score (nSPS) is 12.3. The van der Waals surface area contributed by atoms with Gasteiger partial charge in [0, 0.05) is 13.6 Å². The van der Waals surface area contributed by atoms with E-state index in [2.05, 4.69) is 44.9 Å². The monoisotopic (exact) mass is 250 g/mol. The Labute approximate surface area is 111 Å². The van der Waals surface area contributed by atoms with Gasteiger partial charge in [0.05, 0.1) is 12.8 Å². The van der Waals surface area contributed by atoms with Crippen LogP contribution in [0.15, 0.2) is 12.1 Å². The van der Waals surface area contributed by atoms with Gasteiger partial charge < -0.3 is 15.4 Å². The molecular formula is C15H26N2O. The third kappa shape index (κ3) is 3.39. The van der Waals surface area contributed by atoms with Crippen LogP contribution < -0.4 is 15.4 Å². The highest BCUT2D eigenvalue weighted by molar-refractivity contribution is 5.63. The molecule has 0 spiro atoms. The number of rotatable bonds is 6. The van der Waals surface area contributed by atoms with Crippen molar-refractivity contribution in [2.45, 2.75) is 27.2 Å². The first-order valence-electron chi connectivity index (χ1n) is 6.59. The fourth-order valence-corrected chi connectivity index (χ4v) is 2.34. The molecule has 0 radical (unpaired) electrons. The molecule has 0 saturated carbocycles. The highest BCUT2D eigenvalue weighted by Crippen LogP contribution is 2.32. The van der Waals surface area contributed by atoms with Crippen molar-refractivity contribution in [2.75, 3.05) is 32.1 Å². The van der Waals surface area contributed by atoms with Gasteiger partial charge in [-0.1, -0.05) is 19.4 Å². The van der Waals surface area contributed by atoms with Gasteiger partial charge in [-0.3, -0.25) is 0 Å². The zero-order valence-corrected chi connectivity index (χ0v) is 12.3. The lowest BCUT2D eigenvalue weighted by Crippen LogP contribution is -2.30. The average molecular weight is 250 g/mol. The molecule has 0 aromatic heterocycles. The first-order valence-corrected chi connectivity index (χ1v) is 6.59. The van der Waals surface area contributed by atoms with Crippen LogP contribution in [0.4, 0.5) is 5.69 Å². The second-order valence-electron chi connectivity index (χ2n) is 5.02. The second kappa shape index (κ2) is 6.64. The van der Waals surface area contributed by atoms with Crippen molar-refractivity contribution in [1.29, 1.82) is 0 Å². The molecule has 0 aliphatic rings. The number of benzene rings is 1. The molecular weight excluding hydrogens is 224 g/mol. The summed E-state index contributed by atoms with van der Waals surface area (Å²) in [5.74, 6) is 1.50. The van der Waals surface area contributed by atoms with Crippen molar-refractivity contribution in [1.82, 2.24) is 0 Å². The van der Waals surface area contributed by atoms with E-state index in [1.807, 2.05) is 0 Å². The van der Waals surface area contributed by atoms with Gasteiger partial charge in [0.1, 0.15) is 5.75 Å². The van der Waals surface area contributed by atoms with Crippen molar-refractivity contribution < 1.29 is 4.74 Å². The molecule has 1 aromatic rings. The van der Waals surface area contributed by atoms with Gasteiger partial charge in [-0.25, -0.2) is 0 Å². The van der Waals surface area contributed by atoms with E-state index >= 15 is 0 Å². The van der Waals surface area contributed by atoms with Crippen LogP contribution >= 0.6 is 0 Å². The predicted octanol–water partition coefficient (Wildman–Crippen LogP) is 2.73. The predicted molar refractivity (Wildman–Crippen MR) is 78.6 cm³/mol. The minimum Gasteiger partial charge on any atom is -0.494 e. The van der Waals surface area contributed by atoms with E-state index < -0.39 is 0 Å². The van der Waals surface area contributed by atoms with E-state index in [9.17, 15) is 0 Å². The Balaban J connectivity index is 3.00. The Morgan fingerprint density at radius 3 is 2.50 bits per heavy atom. The number of nitrogens with two attached hydrogens (primary N) is 1. The van der Waals surface area contributed by atoms with Gasteiger partial charge in [-0.15, -0.1) is 0 Å². The molecule has 1 unspecified atom stereocenters. The van der Waals surface area contributed by atoms with Crippen LogP contribution in [0.1, 0.15) is 24.5 Å². The number of hydrogen-bond acceptors (Lipinski definition) is 3. The summed E-state index contributed by atoms with van der Waals surface area (Å²) in [7, 11) is 3.84. The van der Waals surface area contributed by atoms with E-state index in [1.165, 1.54) is 11.1 Å². The zero-order valence-electron chi connectivity index (χ0n) is 12.3. The molecule has 0 heterocycles. The van der Waals surface area contributed by atoms with E-state index in [0.717, 1.165) is 30.9 Å². The lowest BCUT2D eigenvalue weighted by Gasteiger charge is -2.27. The maximum absolute atomic E-state index is 5.78. The Morgan fingerprint density at radius 2 is 2.00 bits per heavy atom. The van der Waals surface area contributed by atoms with Crippen LogP contribution in [0.5, 0.6) is 5.75 Å². The summed E-state index contributed by atoms with van der Waals surface area (Å²) in [4.78, 5) is 2.25. The number of methoxy groups -OCH3 is 1. The molecule has 3 nitrogen and oxygen atoms in total. The third-order valence-electron chi connectivity index (χ3n) is 3.46. The SMILES string of the molecule is CCC(CN)CN(C)c1cc(C)cc(C)c1OC. The first-order chi connectivity index (χ1) is 8.53. The van der Waals surface area contributed by atoms with Crippen molar-refractivity contribution in [2.24, 2.45) is 11.7 Å². The van der Waals surface area contributed by atoms with Crippen molar-refractivity contribution >= 4 is 5.69 Å². The topological polar surface area (TPSA) is 38.5 Å². The highest BCUT2D eigenvalue weighted by Gasteiger charge is 2.14. The Hall–Kier alpha value is -1.22. The molecule has 2 N–H and O–H groups in total. The van der Waals surface area contributed by atoms with E-state index in [4.69, 9.17) is 10.5 Å². The molecule has 0 aliphatic carbocycles. The van der Waals surface area contributed by atoms with Crippen LogP contribution in [-0.2, 0) is 0 Å². The van der Waals surface area contributed by atoms with Crippen LogP contribution in [0.25, 0.3) is 0 Å². The minimum atomic E-state index is 0.528. The van der Waals surface area contributed by atoms with Crippen LogP contribution in [0.2, 0.25) is 0 Å².